The normalized spacial score (nSPS) is 11.0. The van der Waals surface area contributed by atoms with Crippen LogP contribution in [0.5, 0.6) is 17.2 Å². The highest BCUT2D eigenvalue weighted by Crippen LogP contribution is 2.36. The first-order valence-electron chi connectivity index (χ1n) is 8.37. The third-order valence-corrected chi connectivity index (χ3v) is 4.10. The van der Waals surface area contributed by atoms with Crippen molar-refractivity contribution in [3.63, 3.8) is 0 Å². The fourth-order valence-corrected chi connectivity index (χ4v) is 2.71. The summed E-state index contributed by atoms with van der Waals surface area (Å²) in [6, 6.07) is 16.7. The van der Waals surface area contributed by atoms with E-state index >= 15 is 0 Å². The van der Waals surface area contributed by atoms with E-state index in [0.717, 1.165) is 6.07 Å². The molecule has 0 bridgehead atoms. The van der Waals surface area contributed by atoms with Crippen LogP contribution in [-0.2, 0) is 6.18 Å². The van der Waals surface area contributed by atoms with E-state index < -0.39 is 11.7 Å². The second-order valence-corrected chi connectivity index (χ2v) is 6.45. The van der Waals surface area contributed by atoms with E-state index in [2.05, 4.69) is 17.2 Å². The Morgan fingerprint density at radius 1 is 0.897 bits per heavy atom. The topological polar surface area (TPSA) is 53.5 Å². The highest BCUT2D eigenvalue weighted by Gasteiger charge is 2.33. The molecule has 0 saturated carbocycles. The Morgan fingerprint density at radius 3 is 2.21 bits per heavy atom. The first-order valence-corrected chi connectivity index (χ1v) is 8.75. The number of anilines is 2. The fraction of sp³-hybridized carbons (Fsp3) is 0.0476. The quantitative estimate of drug-likeness (QED) is 0.408. The molecule has 0 aliphatic carbocycles. The molecule has 0 fully saturated rings. The number of rotatable bonds is 6. The van der Waals surface area contributed by atoms with Gasteiger partial charge in [-0.05, 0) is 54.6 Å². The number of benzene rings is 3. The lowest BCUT2D eigenvalue weighted by Gasteiger charge is -2.15. The van der Waals surface area contributed by atoms with E-state index in [-0.39, 0.29) is 22.3 Å². The van der Waals surface area contributed by atoms with Crippen molar-refractivity contribution in [1.29, 1.82) is 0 Å². The number of halogens is 4. The van der Waals surface area contributed by atoms with Crippen LogP contribution in [0.2, 0.25) is 5.02 Å². The summed E-state index contributed by atoms with van der Waals surface area (Å²) in [5.74, 6) is 1.41. The van der Waals surface area contributed by atoms with E-state index in [1.807, 2.05) is 0 Å². The number of aromatic hydroxyl groups is 1. The Balaban J connectivity index is 1.62. The molecule has 8 heteroatoms. The molecule has 0 radical (unpaired) electrons. The molecule has 0 unspecified atom stereocenters. The van der Waals surface area contributed by atoms with Gasteiger partial charge in [0.05, 0.1) is 10.6 Å². The SMILES string of the molecule is C=C(Nc1ccc(Oc2cccc(O)c2)cc1)Nc1ccc(Cl)c(C(F)(F)F)c1. The number of ether oxygens (including phenoxy) is 1. The van der Waals surface area contributed by atoms with Gasteiger partial charge in [0.1, 0.15) is 23.1 Å². The average molecular weight is 421 g/mol. The number of nitrogens with one attached hydrogen (secondary N) is 2. The molecule has 3 aromatic rings. The Morgan fingerprint density at radius 2 is 1.55 bits per heavy atom. The third kappa shape index (κ3) is 5.58. The molecule has 0 amide bonds. The zero-order valence-corrected chi connectivity index (χ0v) is 15.7. The van der Waals surface area contributed by atoms with E-state index in [1.165, 1.54) is 24.3 Å². The van der Waals surface area contributed by atoms with Crippen molar-refractivity contribution in [2.75, 3.05) is 10.6 Å². The number of hydrogen-bond acceptors (Lipinski definition) is 4. The average Bonchev–Trinajstić information content (AvgIpc) is 2.64. The largest absolute Gasteiger partial charge is 0.508 e. The molecule has 0 saturated heterocycles. The van der Waals surface area contributed by atoms with Crippen molar-refractivity contribution in [1.82, 2.24) is 0 Å². The van der Waals surface area contributed by atoms with Crippen LogP contribution in [0.25, 0.3) is 0 Å². The maximum atomic E-state index is 13.0. The fourth-order valence-electron chi connectivity index (χ4n) is 2.49. The molecule has 0 heterocycles. The van der Waals surface area contributed by atoms with E-state index in [9.17, 15) is 18.3 Å². The van der Waals surface area contributed by atoms with Gasteiger partial charge >= 0.3 is 6.18 Å². The summed E-state index contributed by atoms with van der Waals surface area (Å²) in [6.07, 6.45) is -4.55. The zero-order valence-electron chi connectivity index (χ0n) is 14.9. The van der Waals surface area contributed by atoms with Gasteiger partial charge in [-0.1, -0.05) is 24.2 Å². The summed E-state index contributed by atoms with van der Waals surface area (Å²) >= 11 is 5.62. The maximum absolute atomic E-state index is 13.0. The van der Waals surface area contributed by atoms with Gasteiger partial charge < -0.3 is 20.5 Å². The van der Waals surface area contributed by atoms with Crippen molar-refractivity contribution < 1.29 is 23.0 Å². The van der Waals surface area contributed by atoms with Crippen LogP contribution in [0.4, 0.5) is 24.5 Å². The molecule has 29 heavy (non-hydrogen) atoms. The minimum absolute atomic E-state index is 0.0963. The van der Waals surface area contributed by atoms with Crippen LogP contribution >= 0.6 is 11.6 Å². The van der Waals surface area contributed by atoms with Crippen LogP contribution in [0.3, 0.4) is 0 Å². The predicted molar refractivity (Wildman–Crippen MR) is 107 cm³/mol. The van der Waals surface area contributed by atoms with Gasteiger partial charge in [-0.2, -0.15) is 13.2 Å². The predicted octanol–water partition coefficient (Wildman–Crippen LogP) is 6.85. The molecule has 0 aliphatic heterocycles. The Labute approximate surface area is 170 Å². The molecule has 3 aromatic carbocycles. The number of hydrogen-bond donors (Lipinski definition) is 3. The molecule has 3 rings (SSSR count). The van der Waals surface area contributed by atoms with Crippen LogP contribution in [-0.4, -0.2) is 5.11 Å². The molecular formula is C21H16ClF3N2O2. The second-order valence-electron chi connectivity index (χ2n) is 6.04. The Hall–Kier alpha value is -3.32. The van der Waals surface area contributed by atoms with E-state index in [4.69, 9.17) is 16.3 Å². The van der Waals surface area contributed by atoms with Gasteiger partial charge in [-0.25, -0.2) is 0 Å². The summed E-state index contributed by atoms with van der Waals surface area (Å²) < 4.78 is 44.5. The molecule has 0 aromatic heterocycles. The summed E-state index contributed by atoms with van der Waals surface area (Å²) in [4.78, 5) is 0. The first-order chi connectivity index (χ1) is 13.7. The summed E-state index contributed by atoms with van der Waals surface area (Å²) in [5.41, 5.74) is -0.0794. The van der Waals surface area contributed by atoms with Crippen molar-refractivity contribution in [2.45, 2.75) is 6.18 Å². The number of alkyl halides is 3. The smallest absolute Gasteiger partial charge is 0.417 e. The van der Waals surface area contributed by atoms with Gasteiger partial charge in [-0.15, -0.1) is 0 Å². The highest BCUT2D eigenvalue weighted by molar-refractivity contribution is 6.31. The Kier molecular flexibility index (Phi) is 5.89. The van der Waals surface area contributed by atoms with Crippen LogP contribution in [0.15, 0.2) is 79.1 Å². The number of phenols is 1. The van der Waals surface area contributed by atoms with E-state index in [1.54, 1.807) is 36.4 Å². The minimum atomic E-state index is -4.55. The van der Waals surface area contributed by atoms with Crippen molar-refractivity contribution in [3.05, 3.63) is 89.7 Å². The zero-order chi connectivity index (χ0) is 21.0. The van der Waals surface area contributed by atoms with Crippen molar-refractivity contribution >= 4 is 23.0 Å². The monoisotopic (exact) mass is 420 g/mol. The molecule has 0 atom stereocenters. The van der Waals surface area contributed by atoms with Crippen molar-refractivity contribution in [3.8, 4) is 17.2 Å². The second kappa shape index (κ2) is 8.36. The van der Waals surface area contributed by atoms with Gasteiger partial charge in [0.25, 0.3) is 0 Å². The van der Waals surface area contributed by atoms with Crippen molar-refractivity contribution in [2.24, 2.45) is 0 Å². The lowest BCUT2D eigenvalue weighted by Crippen LogP contribution is -2.10. The number of phenolic OH excluding ortho intramolecular Hbond substituents is 1. The third-order valence-electron chi connectivity index (χ3n) is 3.77. The van der Waals surface area contributed by atoms with E-state index in [0.29, 0.717) is 17.2 Å². The molecule has 150 valence electrons. The maximum Gasteiger partial charge on any atom is 0.417 e. The standard InChI is InChI=1S/C21H16ClF3N2O2/c1-13(27-15-7-10-20(22)19(11-15)21(23,24)25)26-14-5-8-17(9-6-14)29-18-4-2-3-16(28)12-18/h2-12,26-28H,1H2. The Bertz CT molecular complexity index is 1020. The van der Waals surface area contributed by atoms with Gasteiger partial charge in [0.2, 0.25) is 0 Å². The lowest BCUT2D eigenvalue weighted by molar-refractivity contribution is -0.137. The lowest BCUT2D eigenvalue weighted by atomic mass is 10.2. The molecule has 4 nitrogen and oxygen atoms in total. The van der Waals surface area contributed by atoms with Gasteiger partial charge in [0, 0.05) is 17.4 Å². The summed E-state index contributed by atoms with van der Waals surface area (Å²) in [6.45, 7) is 3.76. The molecule has 3 N–H and O–H groups in total. The molecule has 0 aliphatic rings. The van der Waals surface area contributed by atoms with Crippen LogP contribution in [0, 0.1) is 0 Å². The minimum Gasteiger partial charge on any atom is -0.508 e. The van der Waals surface area contributed by atoms with Crippen LogP contribution < -0.4 is 15.4 Å². The highest BCUT2D eigenvalue weighted by atomic mass is 35.5. The summed E-state index contributed by atoms with van der Waals surface area (Å²) in [5, 5.41) is 14.8. The molecular weight excluding hydrogens is 405 g/mol. The van der Waals surface area contributed by atoms with Crippen LogP contribution in [0.1, 0.15) is 5.56 Å². The first kappa shape index (κ1) is 20.4. The van der Waals surface area contributed by atoms with Gasteiger partial charge in [0.15, 0.2) is 0 Å². The summed E-state index contributed by atoms with van der Waals surface area (Å²) in [7, 11) is 0. The van der Waals surface area contributed by atoms with Gasteiger partial charge in [-0.3, -0.25) is 0 Å². The molecule has 0 spiro atoms.